The van der Waals surface area contributed by atoms with Crippen molar-refractivity contribution in [2.24, 2.45) is 0 Å². The quantitative estimate of drug-likeness (QED) is 0.802. The third-order valence-corrected chi connectivity index (χ3v) is 2.60. The number of aryl methyl sites for hydroxylation is 1. The molecule has 4 heteroatoms. The minimum absolute atomic E-state index is 0.632. The maximum atomic E-state index is 5.63. The highest BCUT2D eigenvalue weighted by atomic mass is 16.5. The van der Waals surface area contributed by atoms with Gasteiger partial charge in [0, 0.05) is 24.5 Å². The van der Waals surface area contributed by atoms with E-state index >= 15 is 0 Å². The average Bonchev–Trinajstić information content (AvgIpc) is 2.79. The minimum atomic E-state index is 0.632. The Balaban J connectivity index is 1.85. The Morgan fingerprint density at radius 2 is 2.06 bits per heavy atom. The zero-order valence-corrected chi connectivity index (χ0v) is 9.97. The summed E-state index contributed by atoms with van der Waals surface area (Å²) in [6.45, 7) is 3.54. The predicted molar refractivity (Wildman–Crippen MR) is 68.0 cm³/mol. The van der Waals surface area contributed by atoms with Crippen molar-refractivity contribution in [2.75, 3.05) is 12.3 Å². The Bertz CT molecular complexity index is 462. The third kappa shape index (κ3) is 3.00. The van der Waals surface area contributed by atoms with Crippen molar-refractivity contribution in [1.29, 1.82) is 0 Å². The molecule has 0 amide bonds. The van der Waals surface area contributed by atoms with E-state index in [0.717, 1.165) is 30.2 Å². The van der Waals surface area contributed by atoms with E-state index in [9.17, 15) is 0 Å². The maximum absolute atomic E-state index is 5.63. The Kier molecular flexibility index (Phi) is 3.65. The molecule has 17 heavy (non-hydrogen) atoms. The Morgan fingerprint density at radius 1 is 1.29 bits per heavy atom. The normalized spacial score (nSPS) is 10.4. The lowest BCUT2D eigenvalue weighted by Crippen LogP contribution is -2.10. The van der Waals surface area contributed by atoms with E-state index in [1.807, 2.05) is 36.7 Å². The zero-order chi connectivity index (χ0) is 12.1. The van der Waals surface area contributed by atoms with Gasteiger partial charge in [0.1, 0.15) is 18.2 Å². The lowest BCUT2D eigenvalue weighted by atomic mass is 10.3. The molecular weight excluding hydrogens is 214 g/mol. The highest BCUT2D eigenvalue weighted by Gasteiger charge is 2.00. The van der Waals surface area contributed by atoms with Crippen LogP contribution in [-0.4, -0.2) is 16.2 Å². The second-order valence-electron chi connectivity index (χ2n) is 3.81. The van der Waals surface area contributed by atoms with Crippen LogP contribution in [0.15, 0.2) is 36.7 Å². The topological polar surface area (TPSA) is 53.1 Å². The van der Waals surface area contributed by atoms with Gasteiger partial charge in [0.05, 0.1) is 6.54 Å². The van der Waals surface area contributed by atoms with E-state index in [0.29, 0.717) is 6.61 Å². The predicted octanol–water partition coefficient (Wildman–Crippen LogP) is 2.11. The number of imidazole rings is 1. The van der Waals surface area contributed by atoms with Gasteiger partial charge in [-0.15, -0.1) is 0 Å². The van der Waals surface area contributed by atoms with Gasteiger partial charge < -0.3 is 15.0 Å². The number of nitrogens with zero attached hydrogens (tertiary/aromatic N) is 2. The molecule has 0 saturated carbocycles. The summed E-state index contributed by atoms with van der Waals surface area (Å²) in [5, 5.41) is 0. The molecule has 2 aromatic rings. The fraction of sp³-hybridized carbons (Fsp3) is 0.308. The number of hydrogen-bond acceptors (Lipinski definition) is 3. The Hall–Kier alpha value is -1.97. The highest BCUT2D eigenvalue weighted by molar-refractivity contribution is 5.41. The smallest absolute Gasteiger partial charge is 0.119 e. The molecule has 0 fully saturated rings. The van der Waals surface area contributed by atoms with Crippen LogP contribution in [0.5, 0.6) is 5.75 Å². The first-order valence-electron chi connectivity index (χ1n) is 5.78. The monoisotopic (exact) mass is 231 g/mol. The van der Waals surface area contributed by atoms with Gasteiger partial charge >= 0.3 is 0 Å². The summed E-state index contributed by atoms with van der Waals surface area (Å²) in [5.41, 5.74) is 6.35. The maximum Gasteiger partial charge on any atom is 0.119 e. The van der Waals surface area contributed by atoms with Crippen LogP contribution in [0.3, 0.4) is 0 Å². The number of anilines is 1. The van der Waals surface area contributed by atoms with Crippen LogP contribution in [-0.2, 0) is 13.0 Å². The van der Waals surface area contributed by atoms with Crippen molar-refractivity contribution in [3.8, 4) is 5.75 Å². The molecule has 4 nitrogen and oxygen atoms in total. The van der Waals surface area contributed by atoms with E-state index in [1.54, 1.807) is 0 Å². The minimum Gasteiger partial charge on any atom is -0.492 e. The molecule has 0 aliphatic heterocycles. The summed E-state index contributed by atoms with van der Waals surface area (Å²) in [7, 11) is 0. The molecule has 2 rings (SSSR count). The van der Waals surface area contributed by atoms with Crippen molar-refractivity contribution in [2.45, 2.75) is 19.9 Å². The molecule has 0 spiro atoms. The van der Waals surface area contributed by atoms with Gasteiger partial charge in [-0.2, -0.15) is 0 Å². The molecule has 0 saturated heterocycles. The molecule has 0 atom stereocenters. The van der Waals surface area contributed by atoms with Crippen molar-refractivity contribution in [3.05, 3.63) is 42.5 Å². The molecule has 1 aromatic carbocycles. The van der Waals surface area contributed by atoms with Crippen LogP contribution in [0, 0.1) is 0 Å². The van der Waals surface area contributed by atoms with E-state index in [-0.39, 0.29) is 0 Å². The summed E-state index contributed by atoms with van der Waals surface area (Å²) in [6.07, 6.45) is 4.74. The van der Waals surface area contributed by atoms with Gasteiger partial charge in [-0.1, -0.05) is 6.92 Å². The van der Waals surface area contributed by atoms with Crippen LogP contribution in [0.4, 0.5) is 5.69 Å². The van der Waals surface area contributed by atoms with Crippen LogP contribution >= 0.6 is 0 Å². The first kappa shape index (κ1) is 11.5. The standard InChI is InChI=1S/C13H17N3O/c1-2-13-15-7-8-16(13)9-10-17-12-5-3-11(14)4-6-12/h3-8H,2,9-10,14H2,1H3. The first-order valence-corrected chi connectivity index (χ1v) is 5.78. The third-order valence-electron chi connectivity index (χ3n) is 2.60. The Morgan fingerprint density at radius 3 is 2.76 bits per heavy atom. The summed E-state index contributed by atoms with van der Waals surface area (Å²) in [6, 6.07) is 7.43. The van der Waals surface area contributed by atoms with Gasteiger partial charge in [0.15, 0.2) is 0 Å². The number of nitrogen functional groups attached to an aromatic ring is 1. The van der Waals surface area contributed by atoms with Gasteiger partial charge in [0.2, 0.25) is 0 Å². The molecule has 1 heterocycles. The Labute approximate surface area is 101 Å². The van der Waals surface area contributed by atoms with E-state index in [4.69, 9.17) is 10.5 Å². The number of rotatable bonds is 5. The number of hydrogen-bond donors (Lipinski definition) is 1. The number of aromatic nitrogens is 2. The second kappa shape index (κ2) is 5.39. The fourth-order valence-corrected chi connectivity index (χ4v) is 1.68. The van der Waals surface area contributed by atoms with E-state index in [2.05, 4.69) is 16.5 Å². The average molecular weight is 231 g/mol. The van der Waals surface area contributed by atoms with Crippen molar-refractivity contribution in [3.63, 3.8) is 0 Å². The first-order chi connectivity index (χ1) is 8.29. The van der Waals surface area contributed by atoms with Gasteiger partial charge in [-0.3, -0.25) is 0 Å². The molecule has 90 valence electrons. The van der Waals surface area contributed by atoms with E-state index < -0.39 is 0 Å². The van der Waals surface area contributed by atoms with Gasteiger partial charge in [0.25, 0.3) is 0 Å². The number of nitrogens with two attached hydrogens (primary N) is 1. The fourth-order valence-electron chi connectivity index (χ4n) is 1.68. The lowest BCUT2D eigenvalue weighted by Gasteiger charge is -2.08. The summed E-state index contributed by atoms with van der Waals surface area (Å²) in [5.74, 6) is 1.93. The van der Waals surface area contributed by atoms with Gasteiger partial charge in [-0.25, -0.2) is 4.98 Å². The highest BCUT2D eigenvalue weighted by Crippen LogP contribution is 2.13. The van der Waals surface area contributed by atoms with Crippen molar-refractivity contribution < 1.29 is 4.74 Å². The van der Waals surface area contributed by atoms with Crippen LogP contribution in [0.25, 0.3) is 0 Å². The summed E-state index contributed by atoms with van der Waals surface area (Å²) < 4.78 is 7.74. The molecule has 0 aliphatic carbocycles. The van der Waals surface area contributed by atoms with Gasteiger partial charge in [-0.05, 0) is 24.3 Å². The molecule has 0 aliphatic rings. The number of ether oxygens (including phenoxy) is 1. The van der Waals surface area contributed by atoms with Crippen LogP contribution < -0.4 is 10.5 Å². The molecule has 0 radical (unpaired) electrons. The SMILES string of the molecule is CCc1nccn1CCOc1ccc(N)cc1. The van der Waals surface area contributed by atoms with Crippen molar-refractivity contribution in [1.82, 2.24) is 9.55 Å². The summed E-state index contributed by atoms with van der Waals surface area (Å²) >= 11 is 0. The lowest BCUT2D eigenvalue weighted by molar-refractivity contribution is 0.296. The zero-order valence-electron chi connectivity index (χ0n) is 9.97. The molecule has 1 aromatic heterocycles. The van der Waals surface area contributed by atoms with E-state index in [1.165, 1.54) is 0 Å². The van der Waals surface area contributed by atoms with Crippen molar-refractivity contribution >= 4 is 5.69 Å². The largest absolute Gasteiger partial charge is 0.492 e. The van der Waals surface area contributed by atoms with Crippen LogP contribution in [0.2, 0.25) is 0 Å². The molecule has 2 N–H and O–H groups in total. The second-order valence-corrected chi connectivity index (χ2v) is 3.81. The summed E-state index contributed by atoms with van der Waals surface area (Å²) in [4.78, 5) is 4.26. The molecule has 0 unspecified atom stereocenters. The molecule has 0 bridgehead atoms. The molecular formula is C13H17N3O. The number of benzene rings is 1. The van der Waals surface area contributed by atoms with Crippen LogP contribution in [0.1, 0.15) is 12.7 Å².